The molecule has 0 fully saturated rings. The van der Waals surface area contributed by atoms with Crippen molar-refractivity contribution in [3.05, 3.63) is 60.2 Å². The van der Waals surface area contributed by atoms with Crippen molar-refractivity contribution >= 4 is 46.9 Å². The molecule has 6 heteroatoms. The first-order valence-corrected chi connectivity index (χ1v) is 5.31. The molecule has 0 saturated carbocycles. The molecule has 0 spiro atoms. The third-order valence-corrected chi connectivity index (χ3v) is 2.25. The van der Waals surface area contributed by atoms with Crippen LogP contribution in [0, 0.1) is 0 Å². The number of nitrogens with one attached hydrogen (secondary N) is 1. The predicted molar refractivity (Wildman–Crippen MR) is 73.7 cm³/mol. The molecule has 2 N–H and O–H groups in total. The monoisotopic (exact) mass is 264 g/mol. The molecule has 0 aliphatic heterocycles. The van der Waals surface area contributed by atoms with E-state index < -0.39 is 5.97 Å². The molecule has 0 atom stereocenters. The fourth-order valence-electron chi connectivity index (χ4n) is 1.39. The summed E-state index contributed by atoms with van der Waals surface area (Å²) >= 11 is 0. The molecule has 2 aromatic carbocycles. The maximum atomic E-state index is 10.9. The third-order valence-electron chi connectivity index (χ3n) is 2.25. The van der Waals surface area contributed by atoms with E-state index in [9.17, 15) is 4.79 Å². The van der Waals surface area contributed by atoms with Gasteiger partial charge in [-0.15, -0.1) is 5.11 Å². The Bertz CT molecular complexity index is 573. The molecule has 0 heterocycles. The Balaban J connectivity index is 0.00000180. The summed E-state index contributed by atoms with van der Waals surface area (Å²) in [5, 5.41) is 16.6. The number of hydrogen-bond donors (Lipinski definition) is 2. The summed E-state index contributed by atoms with van der Waals surface area (Å²) in [5.41, 5.74) is 3.95. The third kappa shape index (κ3) is 4.48. The molecule has 0 bridgehead atoms. The molecule has 1 radical (unpaired) electrons. The Kier molecular flexibility index (Phi) is 6.21. The molecule has 0 aliphatic rings. The average molecular weight is 264 g/mol. The average Bonchev–Trinajstić information content (AvgIpc) is 2.40. The van der Waals surface area contributed by atoms with Crippen LogP contribution in [0.25, 0.3) is 0 Å². The Labute approximate surface area is 132 Å². The van der Waals surface area contributed by atoms with Crippen molar-refractivity contribution in [1.29, 1.82) is 0 Å². The van der Waals surface area contributed by atoms with Gasteiger partial charge < -0.3 is 5.11 Å². The Morgan fingerprint density at radius 1 is 1.00 bits per heavy atom. The Morgan fingerprint density at radius 3 is 2.32 bits per heavy atom. The molecular formula is C13H11N3NaO2. The number of carbonyl (C=O) groups is 1. The van der Waals surface area contributed by atoms with Crippen LogP contribution in [0.5, 0.6) is 0 Å². The van der Waals surface area contributed by atoms with Crippen LogP contribution in [0.1, 0.15) is 10.4 Å². The second-order valence-electron chi connectivity index (χ2n) is 3.50. The Hall–Kier alpha value is -1.69. The minimum atomic E-state index is -1.02. The van der Waals surface area contributed by atoms with E-state index in [1.54, 1.807) is 18.2 Å². The summed E-state index contributed by atoms with van der Waals surface area (Å²) in [5.74, 6) is -1.02. The molecule has 91 valence electrons. The number of hydrogen-bond acceptors (Lipinski definition) is 3. The summed E-state index contributed by atoms with van der Waals surface area (Å²) in [6, 6.07) is 15.7. The number of benzene rings is 2. The fourth-order valence-corrected chi connectivity index (χ4v) is 1.39. The van der Waals surface area contributed by atoms with Gasteiger partial charge in [0.25, 0.3) is 0 Å². The van der Waals surface area contributed by atoms with Crippen molar-refractivity contribution in [3.8, 4) is 0 Å². The summed E-state index contributed by atoms with van der Waals surface area (Å²) in [6.07, 6.45) is 0. The van der Waals surface area contributed by atoms with E-state index in [4.69, 9.17) is 5.11 Å². The van der Waals surface area contributed by atoms with Gasteiger partial charge in [-0.05, 0) is 24.3 Å². The van der Waals surface area contributed by atoms with E-state index in [1.165, 1.54) is 6.07 Å². The minimum absolute atomic E-state index is 0. The SMILES string of the molecule is O=C(O)c1ccccc1N=NNc1ccccc1.[Na]. The number of para-hydroxylation sites is 1. The van der Waals surface area contributed by atoms with Gasteiger partial charge in [0.2, 0.25) is 0 Å². The van der Waals surface area contributed by atoms with Gasteiger partial charge in [-0.2, -0.15) is 0 Å². The quantitative estimate of drug-likeness (QED) is 0.506. The maximum absolute atomic E-state index is 10.9. The molecule has 2 rings (SSSR count). The van der Waals surface area contributed by atoms with E-state index >= 15 is 0 Å². The number of rotatable bonds is 4. The van der Waals surface area contributed by atoms with Crippen LogP contribution in [0.2, 0.25) is 0 Å². The molecule has 0 aliphatic carbocycles. The summed E-state index contributed by atoms with van der Waals surface area (Å²) in [6.45, 7) is 0. The van der Waals surface area contributed by atoms with Gasteiger partial charge in [0.05, 0.1) is 11.3 Å². The van der Waals surface area contributed by atoms with Gasteiger partial charge in [-0.25, -0.2) is 4.79 Å². The maximum Gasteiger partial charge on any atom is 0.337 e. The second kappa shape index (κ2) is 7.68. The standard InChI is InChI=1S/C13H11N3O2.Na/c17-13(18)11-8-4-5-9-12(11)15-16-14-10-6-2-1-3-7-10;/h1-9H,(H,14,15)(H,17,18);. The zero-order valence-corrected chi connectivity index (χ0v) is 12.4. The first-order valence-electron chi connectivity index (χ1n) is 5.31. The second-order valence-corrected chi connectivity index (χ2v) is 3.50. The van der Waals surface area contributed by atoms with Crippen molar-refractivity contribution in [2.24, 2.45) is 10.3 Å². The van der Waals surface area contributed by atoms with Gasteiger partial charge in [0.1, 0.15) is 5.69 Å². The number of nitrogens with zero attached hydrogens (tertiary/aromatic N) is 2. The van der Waals surface area contributed by atoms with E-state index in [-0.39, 0.29) is 35.1 Å². The number of carboxylic acid groups (broad SMARTS) is 1. The van der Waals surface area contributed by atoms with Crippen LogP contribution in [-0.2, 0) is 0 Å². The van der Waals surface area contributed by atoms with E-state index in [2.05, 4.69) is 15.8 Å². The molecule has 0 aromatic heterocycles. The zero-order chi connectivity index (χ0) is 12.8. The summed E-state index contributed by atoms with van der Waals surface area (Å²) in [7, 11) is 0. The first-order chi connectivity index (χ1) is 8.77. The van der Waals surface area contributed by atoms with E-state index in [0.717, 1.165) is 5.69 Å². The van der Waals surface area contributed by atoms with Crippen LogP contribution in [0.3, 0.4) is 0 Å². The van der Waals surface area contributed by atoms with Crippen LogP contribution in [0.4, 0.5) is 11.4 Å². The van der Waals surface area contributed by atoms with Crippen LogP contribution >= 0.6 is 0 Å². The van der Waals surface area contributed by atoms with Crippen LogP contribution < -0.4 is 5.43 Å². The fraction of sp³-hybridized carbons (Fsp3) is 0. The van der Waals surface area contributed by atoms with Crippen molar-refractivity contribution in [2.75, 3.05) is 5.43 Å². The summed E-state index contributed by atoms with van der Waals surface area (Å²) < 4.78 is 0. The minimum Gasteiger partial charge on any atom is -0.478 e. The van der Waals surface area contributed by atoms with E-state index in [0.29, 0.717) is 5.69 Å². The van der Waals surface area contributed by atoms with Crippen LogP contribution in [0.15, 0.2) is 64.9 Å². The molecule has 0 unspecified atom stereocenters. The smallest absolute Gasteiger partial charge is 0.337 e. The zero-order valence-electron chi connectivity index (χ0n) is 10.4. The van der Waals surface area contributed by atoms with Crippen LogP contribution in [-0.4, -0.2) is 40.6 Å². The topological polar surface area (TPSA) is 74.0 Å². The van der Waals surface area contributed by atoms with Crippen molar-refractivity contribution in [1.82, 2.24) is 0 Å². The summed E-state index contributed by atoms with van der Waals surface area (Å²) in [4.78, 5) is 10.9. The first kappa shape index (κ1) is 15.4. The molecular weight excluding hydrogens is 253 g/mol. The predicted octanol–water partition coefficient (Wildman–Crippen LogP) is 3.11. The van der Waals surface area contributed by atoms with Gasteiger partial charge in [-0.1, -0.05) is 35.6 Å². The van der Waals surface area contributed by atoms with Gasteiger partial charge >= 0.3 is 5.97 Å². The molecule has 0 amide bonds. The van der Waals surface area contributed by atoms with Gasteiger partial charge in [0, 0.05) is 29.6 Å². The molecule has 2 aromatic rings. The van der Waals surface area contributed by atoms with Gasteiger partial charge in [0.15, 0.2) is 0 Å². The number of anilines is 1. The van der Waals surface area contributed by atoms with Crippen molar-refractivity contribution in [3.63, 3.8) is 0 Å². The van der Waals surface area contributed by atoms with Crippen molar-refractivity contribution in [2.45, 2.75) is 0 Å². The normalized spacial score (nSPS) is 9.89. The van der Waals surface area contributed by atoms with Crippen molar-refractivity contribution < 1.29 is 9.90 Å². The molecule has 5 nitrogen and oxygen atoms in total. The largest absolute Gasteiger partial charge is 0.478 e. The number of carboxylic acids is 1. The molecule has 19 heavy (non-hydrogen) atoms. The van der Waals surface area contributed by atoms with E-state index in [1.807, 2.05) is 30.3 Å². The number of aromatic carboxylic acids is 1. The van der Waals surface area contributed by atoms with Gasteiger partial charge in [-0.3, -0.25) is 5.43 Å². The Morgan fingerprint density at radius 2 is 1.63 bits per heavy atom. The molecule has 0 saturated heterocycles.